The summed E-state index contributed by atoms with van der Waals surface area (Å²) >= 11 is 0. The van der Waals surface area contributed by atoms with Crippen molar-refractivity contribution in [3.05, 3.63) is 0 Å². The van der Waals surface area contributed by atoms with Crippen molar-refractivity contribution >= 4 is 11.9 Å². The normalized spacial score (nSPS) is 31.4. The van der Waals surface area contributed by atoms with Crippen LogP contribution in [0.4, 0.5) is 0 Å². The van der Waals surface area contributed by atoms with Crippen molar-refractivity contribution in [2.75, 3.05) is 13.2 Å². The smallest absolute Gasteiger partial charge is 0.306 e. The Hall–Kier alpha value is -1.26. The number of hydrogen-bond donors (Lipinski definition) is 3. The molecule has 2 unspecified atom stereocenters. The number of carbonyl (C=O) groups is 2. The van der Waals surface area contributed by atoms with Crippen LogP contribution in [0, 0.1) is 5.92 Å². The monoisotopic (exact) mass is 389 g/mol. The van der Waals surface area contributed by atoms with Gasteiger partial charge in [-0.05, 0) is 34.1 Å². The maximum atomic E-state index is 11.9. The molecule has 2 aliphatic heterocycles. The Morgan fingerprint density at radius 2 is 1.81 bits per heavy atom. The summed E-state index contributed by atoms with van der Waals surface area (Å²) in [6.45, 7) is 8.94. The zero-order chi connectivity index (χ0) is 20.4. The number of amides is 1. The molecule has 0 bridgehead atoms. The van der Waals surface area contributed by atoms with Crippen LogP contribution in [-0.4, -0.2) is 71.2 Å². The molecule has 0 aromatic carbocycles. The summed E-state index contributed by atoms with van der Waals surface area (Å²) in [6.07, 6.45) is -2.33. The van der Waals surface area contributed by atoms with Crippen molar-refractivity contribution in [3.63, 3.8) is 0 Å². The fraction of sp³-hybridized carbons (Fsp3) is 0.889. The molecule has 0 saturated carbocycles. The molecule has 9 nitrogen and oxygen atoms in total. The van der Waals surface area contributed by atoms with Crippen molar-refractivity contribution in [1.29, 1.82) is 0 Å². The second-order valence-electron chi connectivity index (χ2n) is 8.08. The predicted molar refractivity (Wildman–Crippen MR) is 93.8 cm³/mol. The van der Waals surface area contributed by atoms with Crippen LogP contribution in [0.5, 0.6) is 0 Å². The molecule has 2 aliphatic rings. The molecule has 0 aromatic heterocycles. The van der Waals surface area contributed by atoms with E-state index < -0.39 is 47.9 Å². The highest BCUT2D eigenvalue weighted by Gasteiger charge is 2.51. The summed E-state index contributed by atoms with van der Waals surface area (Å²) < 4.78 is 23.2. The van der Waals surface area contributed by atoms with E-state index in [0.29, 0.717) is 6.61 Å². The van der Waals surface area contributed by atoms with Gasteiger partial charge in [-0.1, -0.05) is 6.92 Å². The van der Waals surface area contributed by atoms with Crippen LogP contribution < -0.4 is 5.32 Å². The van der Waals surface area contributed by atoms with Crippen molar-refractivity contribution in [2.45, 2.75) is 83.5 Å². The summed E-state index contributed by atoms with van der Waals surface area (Å²) in [5.74, 6) is -3.48. The van der Waals surface area contributed by atoms with Gasteiger partial charge in [0.05, 0.1) is 12.5 Å². The topological polar surface area (TPSA) is 124 Å². The first-order valence-corrected chi connectivity index (χ1v) is 9.25. The molecule has 156 valence electrons. The lowest BCUT2D eigenvalue weighted by molar-refractivity contribution is -0.175. The first-order valence-electron chi connectivity index (χ1n) is 9.25. The van der Waals surface area contributed by atoms with Gasteiger partial charge in [-0.3, -0.25) is 9.59 Å². The van der Waals surface area contributed by atoms with Gasteiger partial charge in [0, 0.05) is 13.0 Å². The molecule has 27 heavy (non-hydrogen) atoms. The Labute approximate surface area is 159 Å². The summed E-state index contributed by atoms with van der Waals surface area (Å²) in [6, 6.07) is 0. The molecule has 0 aromatic rings. The SMILES string of the molecule is C[C@H](CCC(=O)NC[C@H](O)C1OC(C)(C)OC1[C@H]1COC(C)(C)O1)C(=O)O. The number of nitrogens with one attached hydrogen (secondary N) is 1. The lowest BCUT2D eigenvalue weighted by Gasteiger charge is -2.26. The minimum atomic E-state index is -1.01. The molecule has 2 rings (SSSR count). The molecular weight excluding hydrogens is 358 g/mol. The summed E-state index contributed by atoms with van der Waals surface area (Å²) in [7, 11) is 0. The quantitative estimate of drug-likeness (QED) is 0.552. The largest absolute Gasteiger partial charge is 0.481 e. The molecule has 2 saturated heterocycles. The van der Waals surface area contributed by atoms with Crippen LogP contribution in [0.25, 0.3) is 0 Å². The number of ether oxygens (including phenoxy) is 4. The van der Waals surface area contributed by atoms with E-state index in [4.69, 9.17) is 24.1 Å². The standard InChI is InChI=1S/C18H31NO8/c1-10(16(22)23)6-7-13(21)19-8-11(20)14-15(27-18(4,5)26-14)12-9-24-17(2,3)25-12/h10-12,14-15,20H,6-9H2,1-5H3,(H,19,21)(H,22,23)/t10-,11+,12-,14?,15?/m1/s1. The molecule has 0 spiro atoms. The number of rotatable bonds is 8. The average Bonchev–Trinajstić information content (AvgIpc) is 3.08. The third kappa shape index (κ3) is 6.11. The summed E-state index contributed by atoms with van der Waals surface area (Å²) in [5, 5.41) is 22.0. The van der Waals surface area contributed by atoms with Crippen LogP contribution in [0.15, 0.2) is 0 Å². The van der Waals surface area contributed by atoms with E-state index in [2.05, 4.69) is 5.32 Å². The molecule has 3 N–H and O–H groups in total. The second-order valence-corrected chi connectivity index (χ2v) is 8.08. The van der Waals surface area contributed by atoms with Crippen LogP contribution in [0.2, 0.25) is 0 Å². The third-order valence-corrected chi connectivity index (χ3v) is 4.67. The van der Waals surface area contributed by atoms with Gasteiger partial charge in [0.1, 0.15) is 24.4 Å². The van der Waals surface area contributed by atoms with Crippen LogP contribution in [0.3, 0.4) is 0 Å². The van der Waals surface area contributed by atoms with E-state index in [9.17, 15) is 14.7 Å². The molecule has 0 aliphatic carbocycles. The van der Waals surface area contributed by atoms with E-state index in [1.54, 1.807) is 34.6 Å². The van der Waals surface area contributed by atoms with Gasteiger partial charge in [-0.2, -0.15) is 0 Å². The molecular formula is C18H31NO8. The number of carboxylic acids is 1. The number of aliphatic hydroxyl groups is 1. The lowest BCUT2D eigenvalue weighted by Crippen LogP contribution is -2.48. The fourth-order valence-electron chi connectivity index (χ4n) is 3.17. The molecule has 1 amide bonds. The highest BCUT2D eigenvalue weighted by atomic mass is 16.8. The van der Waals surface area contributed by atoms with Gasteiger partial charge in [0.25, 0.3) is 0 Å². The van der Waals surface area contributed by atoms with Crippen molar-refractivity contribution in [1.82, 2.24) is 5.32 Å². The number of carboxylic acid groups (broad SMARTS) is 1. The average molecular weight is 389 g/mol. The first-order chi connectivity index (χ1) is 12.4. The molecule has 0 radical (unpaired) electrons. The van der Waals surface area contributed by atoms with Crippen molar-refractivity contribution in [3.8, 4) is 0 Å². The first kappa shape index (κ1) is 22.0. The van der Waals surface area contributed by atoms with Crippen LogP contribution >= 0.6 is 0 Å². The number of hydrogen-bond acceptors (Lipinski definition) is 7. The van der Waals surface area contributed by atoms with Crippen LogP contribution in [-0.2, 0) is 28.5 Å². The Morgan fingerprint density at radius 1 is 1.15 bits per heavy atom. The number of aliphatic hydroxyl groups excluding tert-OH is 1. The minimum absolute atomic E-state index is 0.0299. The molecule has 2 fully saturated rings. The van der Waals surface area contributed by atoms with Gasteiger partial charge in [0.2, 0.25) is 5.91 Å². The Balaban J connectivity index is 1.88. The van der Waals surface area contributed by atoms with E-state index in [-0.39, 0.29) is 25.3 Å². The summed E-state index contributed by atoms with van der Waals surface area (Å²) in [5.41, 5.74) is 0. The molecule has 2 heterocycles. The van der Waals surface area contributed by atoms with Crippen molar-refractivity contribution < 1.29 is 38.7 Å². The highest BCUT2D eigenvalue weighted by Crippen LogP contribution is 2.36. The molecule has 5 atom stereocenters. The van der Waals surface area contributed by atoms with Crippen LogP contribution in [0.1, 0.15) is 47.5 Å². The van der Waals surface area contributed by atoms with Gasteiger partial charge < -0.3 is 34.5 Å². The van der Waals surface area contributed by atoms with Gasteiger partial charge in [-0.25, -0.2) is 0 Å². The maximum absolute atomic E-state index is 11.9. The van der Waals surface area contributed by atoms with Gasteiger partial charge >= 0.3 is 5.97 Å². The minimum Gasteiger partial charge on any atom is -0.481 e. The Bertz CT molecular complexity index is 549. The number of aliphatic carboxylic acids is 1. The second kappa shape index (κ2) is 8.40. The van der Waals surface area contributed by atoms with E-state index in [1.165, 1.54) is 0 Å². The summed E-state index contributed by atoms with van der Waals surface area (Å²) in [4.78, 5) is 22.7. The zero-order valence-corrected chi connectivity index (χ0v) is 16.6. The van der Waals surface area contributed by atoms with Crippen molar-refractivity contribution in [2.24, 2.45) is 5.92 Å². The zero-order valence-electron chi connectivity index (χ0n) is 16.6. The fourth-order valence-corrected chi connectivity index (χ4v) is 3.17. The Morgan fingerprint density at radius 3 is 2.37 bits per heavy atom. The van der Waals surface area contributed by atoms with E-state index in [0.717, 1.165) is 0 Å². The van der Waals surface area contributed by atoms with E-state index >= 15 is 0 Å². The van der Waals surface area contributed by atoms with Gasteiger partial charge in [0.15, 0.2) is 11.6 Å². The number of carbonyl (C=O) groups excluding carboxylic acids is 1. The molecule has 9 heteroatoms. The lowest BCUT2D eigenvalue weighted by atomic mass is 10.0. The third-order valence-electron chi connectivity index (χ3n) is 4.67. The maximum Gasteiger partial charge on any atom is 0.306 e. The Kier molecular flexibility index (Phi) is 6.86. The van der Waals surface area contributed by atoms with E-state index in [1.807, 2.05) is 0 Å². The van der Waals surface area contributed by atoms with Gasteiger partial charge in [-0.15, -0.1) is 0 Å². The highest BCUT2D eigenvalue weighted by molar-refractivity contribution is 5.77. The predicted octanol–water partition coefficient (Wildman–Crippen LogP) is 0.636.